The second kappa shape index (κ2) is 8.00. The van der Waals surface area contributed by atoms with Crippen molar-refractivity contribution in [3.63, 3.8) is 0 Å². The highest BCUT2D eigenvalue weighted by molar-refractivity contribution is 5.76. The van der Waals surface area contributed by atoms with Crippen molar-refractivity contribution in [2.75, 3.05) is 6.61 Å². The lowest BCUT2D eigenvalue weighted by Gasteiger charge is -2.21. The van der Waals surface area contributed by atoms with Crippen LogP contribution in [-0.4, -0.2) is 19.0 Å². The molecule has 3 nitrogen and oxygen atoms in total. The van der Waals surface area contributed by atoms with Crippen LogP contribution in [0.2, 0.25) is 0 Å². The Hall–Kier alpha value is -2.29. The number of carbonyl (C=O) groups excluding carboxylic acids is 1. The summed E-state index contributed by atoms with van der Waals surface area (Å²) in [6.45, 7) is 2.49. The van der Waals surface area contributed by atoms with Gasteiger partial charge in [-0.25, -0.2) is 0 Å². The van der Waals surface area contributed by atoms with Gasteiger partial charge in [0.05, 0.1) is 6.61 Å². The van der Waals surface area contributed by atoms with Crippen LogP contribution in [0.1, 0.15) is 42.1 Å². The summed E-state index contributed by atoms with van der Waals surface area (Å²) in [5.41, 5.74) is 1.95. The largest absolute Gasteiger partial charge is 0.490 e. The molecule has 0 N–H and O–H groups in total. The summed E-state index contributed by atoms with van der Waals surface area (Å²) in [5.74, 6) is 2.04. The van der Waals surface area contributed by atoms with Gasteiger partial charge in [0.15, 0.2) is 11.5 Å². The number of carbonyl (C=O) groups is 1. The van der Waals surface area contributed by atoms with E-state index in [2.05, 4.69) is 24.3 Å². The predicted molar refractivity (Wildman–Crippen MR) is 94.9 cm³/mol. The van der Waals surface area contributed by atoms with Crippen LogP contribution in [0.3, 0.4) is 0 Å². The van der Waals surface area contributed by atoms with Crippen LogP contribution in [-0.2, 0) is 6.42 Å². The molecule has 0 saturated heterocycles. The quantitative estimate of drug-likeness (QED) is 0.628. The molecule has 0 amide bonds. The standard InChI is InChI=1S/C21H24O3/c1-2-23-21-14-17(15-22)9-13-20(21)24-19(18-10-11-18)12-8-16-6-4-3-5-7-16/h3-7,9,13-15,18-19H,2,8,10-12H2,1H3. The summed E-state index contributed by atoms with van der Waals surface area (Å²) >= 11 is 0. The van der Waals surface area contributed by atoms with Crippen LogP contribution in [0.25, 0.3) is 0 Å². The van der Waals surface area contributed by atoms with Gasteiger partial charge in [-0.1, -0.05) is 30.3 Å². The molecule has 0 radical (unpaired) electrons. The molecule has 1 unspecified atom stereocenters. The predicted octanol–water partition coefficient (Wildman–Crippen LogP) is 4.69. The summed E-state index contributed by atoms with van der Waals surface area (Å²) in [6, 6.07) is 15.9. The molecule has 1 aliphatic carbocycles. The molecule has 0 aliphatic heterocycles. The molecule has 0 bridgehead atoms. The molecular formula is C21H24O3. The van der Waals surface area contributed by atoms with Crippen LogP contribution < -0.4 is 9.47 Å². The van der Waals surface area contributed by atoms with Crippen molar-refractivity contribution in [1.29, 1.82) is 0 Å². The van der Waals surface area contributed by atoms with Gasteiger partial charge in [-0.15, -0.1) is 0 Å². The number of aryl methyl sites for hydroxylation is 1. The highest BCUT2D eigenvalue weighted by Crippen LogP contribution is 2.39. The van der Waals surface area contributed by atoms with Gasteiger partial charge in [0.1, 0.15) is 12.4 Å². The second-order valence-electron chi connectivity index (χ2n) is 6.28. The molecule has 2 aromatic carbocycles. The summed E-state index contributed by atoms with van der Waals surface area (Å²) in [5, 5.41) is 0. The topological polar surface area (TPSA) is 35.5 Å². The third kappa shape index (κ3) is 4.38. The van der Waals surface area contributed by atoms with E-state index in [1.165, 1.54) is 18.4 Å². The highest BCUT2D eigenvalue weighted by atomic mass is 16.5. The van der Waals surface area contributed by atoms with Crippen LogP contribution in [0.4, 0.5) is 0 Å². The minimum Gasteiger partial charge on any atom is -0.490 e. The Kier molecular flexibility index (Phi) is 5.52. The first-order valence-corrected chi connectivity index (χ1v) is 8.72. The van der Waals surface area contributed by atoms with Crippen LogP contribution in [0, 0.1) is 5.92 Å². The molecular weight excluding hydrogens is 300 g/mol. The molecule has 2 aromatic rings. The van der Waals surface area contributed by atoms with E-state index in [1.807, 2.05) is 19.1 Å². The molecule has 0 spiro atoms. The van der Waals surface area contributed by atoms with Crippen molar-refractivity contribution in [2.45, 2.75) is 38.7 Å². The molecule has 24 heavy (non-hydrogen) atoms. The maximum Gasteiger partial charge on any atom is 0.161 e. The van der Waals surface area contributed by atoms with Crippen LogP contribution >= 0.6 is 0 Å². The highest BCUT2D eigenvalue weighted by Gasteiger charge is 2.33. The van der Waals surface area contributed by atoms with Crippen molar-refractivity contribution >= 4 is 6.29 Å². The second-order valence-corrected chi connectivity index (χ2v) is 6.28. The molecule has 3 rings (SSSR count). The van der Waals surface area contributed by atoms with E-state index in [0.29, 0.717) is 23.8 Å². The van der Waals surface area contributed by atoms with Crippen LogP contribution in [0.15, 0.2) is 48.5 Å². The Morgan fingerprint density at radius 1 is 1.12 bits per heavy atom. The smallest absolute Gasteiger partial charge is 0.161 e. The zero-order chi connectivity index (χ0) is 16.8. The normalized spacial score (nSPS) is 14.9. The average molecular weight is 324 g/mol. The number of hydrogen-bond acceptors (Lipinski definition) is 3. The fraction of sp³-hybridized carbons (Fsp3) is 0.381. The van der Waals surface area contributed by atoms with Gasteiger partial charge in [0.2, 0.25) is 0 Å². The number of aldehydes is 1. The molecule has 0 aromatic heterocycles. The summed E-state index contributed by atoms with van der Waals surface area (Å²) in [4.78, 5) is 11.0. The summed E-state index contributed by atoms with van der Waals surface area (Å²) in [6.07, 6.45) is 5.51. The lowest BCUT2D eigenvalue weighted by Crippen LogP contribution is -2.20. The summed E-state index contributed by atoms with van der Waals surface area (Å²) in [7, 11) is 0. The average Bonchev–Trinajstić information content (AvgIpc) is 3.46. The zero-order valence-corrected chi connectivity index (χ0v) is 14.1. The Morgan fingerprint density at radius 3 is 2.58 bits per heavy atom. The van der Waals surface area contributed by atoms with Gasteiger partial charge in [-0.2, -0.15) is 0 Å². The molecule has 1 saturated carbocycles. The third-order valence-corrected chi connectivity index (χ3v) is 4.39. The van der Waals surface area contributed by atoms with E-state index < -0.39 is 0 Å². The molecule has 0 heterocycles. The van der Waals surface area contributed by atoms with E-state index in [4.69, 9.17) is 9.47 Å². The molecule has 1 atom stereocenters. The number of benzene rings is 2. The van der Waals surface area contributed by atoms with E-state index in [1.54, 1.807) is 12.1 Å². The maximum absolute atomic E-state index is 11.0. The van der Waals surface area contributed by atoms with Gasteiger partial charge in [0.25, 0.3) is 0 Å². The first-order valence-electron chi connectivity index (χ1n) is 8.72. The lowest BCUT2D eigenvalue weighted by molar-refractivity contribution is 0.112. The monoisotopic (exact) mass is 324 g/mol. The number of ether oxygens (including phenoxy) is 2. The summed E-state index contributed by atoms with van der Waals surface area (Å²) < 4.78 is 12.0. The molecule has 3 heteroatoms. The van der Waals surface area contributed by atoms with Crippen molar-refractivity contribution in [3.05, 3.63) is 59.7 Å². The van der Waals surface area contributed by atoms with Crippen molar-refractivity contribution in [1.82, 2.24) is 0 Å². The van der Waals surface area contributed by atoms with Crippen molar-refractivity contribution in [2.24, 2.45) is 5.92 Å². The van der Waals surface area contributed by atoms with Crippen molar-refractivity contribution in [3.8, 4) is 11.5 Å². The molecule has 1 fully saturated rings. The Morgan fingerprint density at radius 2 is 1.92 bits per heavy atom. The number of hydrogen-bond donors (Lipinski definition) is 0. The fourth-order valence-electron chi connectivity index (χ4n) is 2.94. The zero-order valence-electron chi connectivity index (χ0n) is 14.1. The van der Waals surface area contributed by atoms with Crippen molar-refractivity contribution < 1.29 is 14.3 Å². The SMILES string of the molecule is CCOc1cc(C=O)ccc1OC(CCc1ccccc1)C1CC1. The van der Waals surface area contributed by atoms with Gasteiger partial charge >= 0.3 is 0 Å². The minimum absolute atomic E-state index is 0.200. The fourth-order valence-corrected chi connectivity index (χ4v) is 2.94. The Balaban J connectivity index is 1.70. The van der Waals surface area contributed by atoms with Gasteiger partial charge in [0, 0.05) is 5.56 Å². The van der Waals surface area contributed by atoms with E-state index in [0.717, 1.165) is 24.9 Å². The van der Waals surface area contributed by atoms with E-state index >= 15 is 0 Å². The van der Waals surface area contributed by atoms with E-state index in [9.17, 15) is 4.79 Å². The Bertz CT molecular complexity index is 662. The van der Waals surface area contributed by atoms with Gasteiger partial charge in [-0.3, -0.25) is 4.79 Å². The lowest BCUT2D eigenvalue weighted by atomic mass is 10.0. The first-order chi connectivity index (χ1) is 11.8. The third-order valence-electron chi connectivity index (χ3n) is 4.39. The van der Waals surface area contributed by atoms with Gasteiger partial charge < -0.3 is 9.47 Å². The Labute approximate surface area is 143 Å². The minimum atomic E-state index is 0.200. The molecule has 1 aliphatic rings. The number of rotatable bonds is 9. The van der Waals surface area contributed by atoms with Crippen LogP contribution in [0.5, 0.6) is 11.5 Å². The first kappa shape index (κ1) is 16.6. The van der Waals surface area contributed by atoms with Gasteiger partial charge in [-0.05, 0) is 62.3 Å². The molecule has 126 valence electrons. The maximum atomic E-state index is 11.0. The van der Waals surface area contributed by atoms with E-state index in [-0.39, 0.29) is 6.10 Å².